The number of hydrogen-bond donors (Lipinski definition) is 1. The first-order valence-electron chi connectivity index (χ1n) is 3.40. The molecule has 0 fully saturated rings. The van der Waals surface area contributed by atoms with Crippen LogP contribution in [-0.2, 0) is 10.0 Å². The number of hydrogen-bond acceptors (Lipinski definition) is 3. The Hall–Kier alpha value is -0.940. The highest BCUT2D eigenvalue weighted by atomic mass is 35.5. The first kappa shape index (κ1) is 10.1. The van der Waals surface area contributed by atoms with E-state index in [0.717, 1.165) is 0 Å². The van der Waals surface area contributed by atoms with E-state index in [9.17, 15) is 8.42 Å². The first-order valence-corrected chi connectivity index (χ1v) is 5.05. The minimum absolute atomic E-state index is 0. The minimum Gasteiger partial charge on any atom is -0.474 e. The maximum atomic E-state index is 11.0. The molecular weight excluding hydrogens is 214 g/mol. The van der Waals surface area contributed by atoms with E-state index in [1.165, 1.54) is 0 Å². The van der Waals surface area contributed by atoms with E-state index in [2.05, 4.69) is 4.72 Å². The second-order valence-corrected chi connectivity index (χ2v) is 4.14. The lowest BCUT2D eigenvalue weighted by atomic mass is 10.3. The van der Waals surface area contributed by atoms with Gasteiger partial charge in [-0.05, 0) is 12.1 Å². The van der Waals surface area contributed by atoms with Crippen molar-refractivity contribution in [3.05, 3.63) is 24.3 Å². The Balaban J connectivity index is 0.000000845. The second-order valence-electron chi connectivity index (χ2n) is 2.48. The van der Waals surface area contributed by atoms with Gasteiger partial charge in [-0.1, -0.05) is 12.1 Å². The van der Waals surface area contributed by atoms with Crippen molar-refractivity contribution in [2.75, 3.05) is 10.7 Å². The van der Waals surface area contributed by atoms with Crippen molar-refractivity contribution in [1.82, 2.24) is 0 Å². The summed E-state index contributed by atoms with van der Waals surface area (Å²) in [5, 5.41) is 0. The van der Waals surface area contributed by atoms with E-state index in [1.807, 2.05) is 0 Å². The highest BCUT2D eigenvalue weighted by Gasteiger charge is 2.19. The van der Waals surface area contributed by atoms with Crippen molar-refractivity contribution in [3.63, 3.8) is 0 Å². The Morgan fingerprint density at radius 3 is 2.77 bits per heavy atom. The largest absolute Gasteiger partial charge is 0.474 e. The number of rotatable bonds is 0. The molecule has 0 amide bonds. The standard InChI is InChI=1S/C7H7NO3S.ClH/c9-12(10)5-11-7-4-2-1-3-6(7)8-12;/h1-4,8H,5H2;1H. The van der Waals surface area contributed by atoms with Crippen LogP contribution in [0, 0.1) is 0 Å². The smallest absolute Gasteiger partial charge is 0.268 e. The molecule has 0 aromatic heterocycles. The molecule has 0 aliphatic carbocycles. The topological polar surface area (TPSA) is 55.4 Å². The van der Waals surface area contributed by atoms with E-state index in [0.29, 0.717) is 11.4 Å². The van der Waals surface area contributed by atoms with Gasteiger partial charge in [0.15, 0.2) is 0 Å². The van der Waals surface area contributed by atoms with Crippen LogP contribution in [0.3, 0.4) is 0 Å². The molecule has 1 aliphatic heterocycles. The molecule has 0 saturated heterocycles. The summed E-state index contributed by atoms with van der Waals surface area (Å²) in [5.41, 5.74) is 0.503. The number of nitrogens with one attached hydrogen (secondary N) is 1. The average Bonchev–Trinajstić information content (AvgIpc) is 2.02. The van der Waals surface area contributed by atoms with Crippen LogP contribution in [0.2, 0.25) is 0 Å². The second kappa shape index (κ2) is 3.43. The zero-order chi connectivity index (χ0) is 8.60. The maximum Gasteiger partial charge on any atom is 0.268 e. The van der Waals surface area contributed by atoms with Gasteiger partial charge in [0.2, 0.25) is 5.94 Å². The molecule has 2 rings (SSSR count). The number of halogens is 1. The molecule has 1 aromatic carbocycles. The summed E-state index contributed by atoms with van der Waals surface area (Å²) in [5.74, 6) is 0.275. The molecule has 0 saturated carbocycles. The number of ether oxygens (including phenoxy) is 1. The van der Waals surface area contributed by atoms with Gasteiger partial charge in [-0.3, -0.25) is 4.72 Å². The molecular formula is C7H8ClNO3S. The minimum atomic E-state index is -3.27. The first-order chi connectivity index (χ1) is 5.67. The van der Waals surface area contributed by atoms with Gasteiger partial charge in [0, 0.05) is 0 Å². The lowest BCUT2D eigenvalue weighted by Crippen LogP contribution is -2.25. The van der Waals surface area contributed by atoms with Crippen LogP contribution in [0.1, 0.15) is 0 Å². The van der Waals surface area contributed by atoms with Crippen LogP contribution in [0.5, 0.6) is 5.75 Å². The van der Waals surface area contributed by atoms with Crippen LogP contribution in [0.4, 0.5) is 5.69 Å². The number of sulfonamides is 1. The summed E-state index contributed by atoms with van der Waals surface area (Å²) >= 11 is 0. The van der Waals surface area contributed by atoms with Crippen LogP contribution >= 0.6 is 12.4 Å². The zero-order valence-electron chi connectivity index (χ0n) is 6.56. The van der Waals surface area contributed by atoms with Gasteiger partial charge in [-0.25, -0.2) is 8.42 Å². The van der Waals surface area contributed by atoms with Crippen LogP contribution in [-0.4, -0.2) is 14.4 Å². The highest BCUT2D eigenvalue weighted by Crippen LogP contribution is 2.28. The van der Waals surface area contributed by atoms with Gasteiger partial charge < -0.3 is 4.74 Å². The molecule has 0 atom stereocenters. The molecule has 0 spiro atoms. The summed E-state index contributed by atoms with van der Waals surface area (Å²) in [6.07, 6.45) is 0. The Bertz CT molecular complexity index is 404. The molecule has 1 N–H and O–H groups in total. The third-order valence-electron chi connectivity index (χ3n) is 1.52. The quantitative estimate of drug-likeness (QED) is 0.716. The Morgan fingerprint density at radius 1 is 1.31 bits per heavy atom. The van der Waals surface area contributed by atoms with Crippen molar-refractivity contribution in [3.8, 4) is 5.75 Å². The predicted molar refractivity (Wildman–Crippen MR) is 51.7 cm³/mol. The van der Waals surface area contributed by atoms with Crippen LogP contribution in [0.15, 0.2) is 24.3 Å². The van der Waals surface area contributed by atoms with Gasteiger partial charge in [0.25, 0.3) is 10.0 Å². The van der Waals surface area contributed by atoms with Gasteiger partial charge in [0.1, 0.15) is 5.75 Å². The third kappa shape index (κ3) is 2.05. The van der Waals surface area contributed by atoms with Crippen LogP contribution < -0.4 is 9.46 Å². The Kier molecular flexibility index (Phi) is 2.68. The third-order valence-corrected chi connectivity index (χ3v) is 2.48. The molecule has 1 aromatic rings. The average molecular weight is 222 g/mol. The van der Waals surface area contributed by atoms with Gasteiger partial charge in [0.05, 0.1) is 5.69 Å². The number of anilines is 1. The fraction of sp³-hybridized carbons (Fsp3) is 0.143. The van der Waals surface area contributed by atoms with E-state index >= 15 is 0 Å². The van der Waals surface area contributed by atoms with Crippen LogP contribution in [0.25, 0.3) is 0 Å². The number of para-hydroxylation sites is 2. The molecule has 1 aliphatic rings. The molecule has 4 nitrogen and oxygen atoms in total. The normalized spacial score (nSPS) is 17.2. The van der Waals surface area contributed by atoms with Crippen molar-refractivity contribution in [1.29, 1.82) is 0 Å². The molecule has 1 heterocycles. The van der Waals surface area contributed by atoms with E-state index in [-0.39, 0.29) is 18.3 Å². The van der Waals surface area contributed by atoms with Crippen molar-refractivity contribution >= 4 is 28.1 Å². The summed E-state index contributed by atoms with van der Waals surface area (Å²) in [4.78, 5) is 0. The van der Waals surface area contributed by atoms with E-state index in [1.54, 1.807) is 24.3 Å². The summed E-state index contributed by atoms with van der Waals surface area (Å²) in [7, 11) is -3.27. The molecule has 6 heteroatoms. The van der Waals surface area contributed by atoms with E-state index < -0.39 is 10.0 Å². The summed E-state index contributed by atoms with van der Waals surface area (Å²) in [6, 6.07) is 6.91. The molecule has 0 bridgehead atoms. The van der Waals surface area contributed by atoms with Gasteiger partial charge in [-0.2, -0.15) is 0 Å². The van der Waals surface area contributed by atoms with Crippen molar-refractivity contribution < 1.29 is 13.2 Å². The van der Waals surface area contributed by atoms with Crippen molar-refractivity contribution in [2.24, 2.45) is 0 Å². The lowest BCUT2D eigenvalue weighted by molar-refractivity contribution is 0.374. The van der Waals surface area contributed by atoms with Gasteiger partial charge >= 0.3 is 0 Å². The molecule has 0 radical (unpaired) electrons. The highest BCUT2D eigenvalue weighted by molar-refractivity contribution is 7.92. The predicted octanol–water partition coefficient (Wildman–Crippen LogP) is 1.20. The van der Waals surface area contributed by atoms with Gasteiger partial charge in [-0.15, -0.1) is 12.4 Å². The SMILES string of the molecule is Cl.O=S1(=O)COc2ccccc2N1. The Labute approximate surface area is 82.4 Å². The van der Waals surface area contributed by atoms with E-state index in [4.69, 9.17) is 4.74 Å². The maximum absolute atomic E-state index is 11.0. The fourth-order valence-electron chi connectivity index (χ4n) is 1.01. The molecule has 72 valence electrons. The number of benzene rings is 1. The summed E-state index contributed by atoms with van der Waals surface area (Å²) < 4.78 is 29.3. The Morgan fingerprint density at radius 2 is 2.00 bits per heavy atom. The number of fused-ring (bicyclic) bond motifs is 1. The fourth-order valence-corrected chi connectivity index (χ4v) is 1.86. The zero-order valence-corrected chi connectivity index (χ0v) is 8.19. The van der Waals surface area contributed by atoms with Crippen molar-refractivity contribution in [2.45, 2.75) is 0 Å². The molecule has 13 heavy (non-hydrogen) atoms. The monoisotopic (exact) mass is 221 g/mol. The molecule has 0 unspecified atom stereocenters. The lowest BCUT2D eigenvalue weighted by Gasteiger charge is -2.18. The summed E-state index contributed by atoms with van der Waals surface area (Å²) in [6.45, 7) is 0.